The fourth-order valence-corrected chi connectivity index (χ4v) is 3.15. The van der Waals surface area contributed by atoms with Gasteiger partial charge in [0.05, 0.1) is 12.0 Å². The molecule has 4 heterocycles. The molecular weight excluding hydrogens is 350 g/mol. The topological polar surface area (TPSA) is 125 Å². The molecule has 9 nitrogen and oxygen atoms in total. The van der Waals surface area contributed by atoms with Gasteiger partial charge in [0.25, 0.3) is 11.8 Å². The van der Waals surface area contributed by atoms with E-state index >= 15 is 0 Å². The Morgan fingerprint density at radius 3 is 2.85 bits per heavy atom. The van der Waals surface area contributed by atoms with Crippen LogP contribution in [0.1, 0.15) is 33.8 Å². The maximum Gasteiger partial charge on any atom is 0.271 e. The molecule has 0 radical (unpaired) electrons. The molecule has 0 atom stereocenters. The summed E-state index contributed by atoms with van der Waals surface area (Å²) in [5, 5.41) is 2.91. The zero-order chi connectivity index (χ0) is 18.8. The Hall–Kier alpha value is -3.20. The maximum atomic E-state index is 12.7. The monoisotopic (exact) mass is 369 g/mol. The summed E-state index contributed by atoms with van der Waals surface area (Å²) in [6.45, 7) is 1.98. The predicted octanol–water partition coefficient (Wildman–Crippen LogP) is 1.24. The van der Waals surface area contributed by atoms with Crippen molar-refractivity contribution in [3.63, 3.8) is 0 Å². The molecule has 1 aliphatic heterocycles. The fourth-order valence-electron chi connectivity index (χ4n) is 3.15. The van der Waals surface area contributed by atoms with Crippen LogP contribution in [0, 0.1) is 5.92 Å². The molecule has 1 saturated heterocycles. The lowest BCUT2D eigenvalue weighted by molar-refractivity contribution is 0.0642. The van der Waals surface area contributed by atoms with E-state index in [0.717, 1.165) is 12.8 Å². The number of primary amides is 1. The van der Waals surface area contributed by atoms with Gasteiger partial charge < -0.3 is 20.2 Å². The SMILES string of the molecule is NC(=O)c1ncn2c(-c3ccco3)cc(C(=O)NCC3CCOCC3)nc12. The van der Waals surface area contributed by atoms with E-state index in [1.807, 2.05) is 0 Å². The first kappa shape index (κ1) is 17.2. The van der Waals surface area contributed by atoms with E-state index in [-0.39, 0.29) is 22.9 Å². The Kier molecular flexibility index (Phi) is 4.59. The summed E-state index contributed by atoms with van der Waals surface area (Å²) in [6, 6.07) is 5.10. The van der Waals surface area contributed by atoms with Crippen LogP contribution in [0.4, 0.5) is 0 Å². The summed E-state index contributed by atoms with van der Waals surface area (Å²) in [7, 11) is 0. The molecule has 3 N–H and O–H groups in total. The van der Waals surface area contributed by atoms with E-state index < -0.39 is 5.91 Å². The molecule has 27 heavy (non-hydrogen) atoms. The van der Waals surface area contributed by atoms with Crippen LogP contribution in [0.2, 0.25) is 0 Å². The average Bonchev–Trinajstić information content (AvgIpc) is 3.35. The van der Waals surface area contributed by atoms with Crippen LogP contribution in [0.3, 0.4) is 0 Å². The standard InChI is InChI=1S/C18H19N5O4/c19-16(24)15-17-22-12(18(25)20-9-11-3-6-26-7-4-11)8-13(23(17)10-21-15)14-2-1-5-27-14/h1-2,5,8,10-11H,3-4,6-7,9H2,(H2,19,24)(H,20,25). The van der Waals surface area contributed by atoms with Crippen molar-refractivity contribution in [1.29, 1.82) is 0 Å². The highest BCUT2D eigenvalue weighted by Gasteiger charge is 2.21. The Morgan fingerprint density at radius 1 is 1.33 bits per heavy atom. The highest BCUT2D eigenvalue weighted by molar-refractivity contribution is 5.99. The minimum atomic E-state index is -0.713. The lowest BCUT2D eigenvalue weighted by atomic mass is 10.0. The van der Waals surface area contributed by atoms with Crippen molar-refractivity contribution in [2.75, 3.05) is 19.8 Å². The third kappa shape index (κ3) is 3.41. The molecule has 0 bridgehead atoms. The number of imidazole rings is 1. The van der Waals surface area contributed by atoms with Crippen LogP contribution in [0.15, 0.2) is 35.2 Å². The van der Waals surface area contributed by atoms with Gasteiger partial charge in [0, 0.05) is 19.8 Å². The number of nitrogens with one attached hydrogen (secondary N) is 1. The number of rotatable bonds is 5. The summed E-state index contributed by atoms with van der Waals surface area (Å²) >= 11 is 0. The Bertz CT molecular complexity index is 973. The van der Waals surface area contributed by atoms with Crippen LogP contribution < -0.4 is 11.1 Å². The molecule has 0 saturated carbocycles. The van der Waals surface area contributed by atoms with Crippen LogP contribution in [0.25, 0.3) is 17.1 Å². The van der Waals surface area contributed by atoms with Crippen molar-refractivity contribution in [2.24, 2.45) is 11.7 Å². The van der Waals surface area contributed by atoms with Gasteiger partial charge in [0.2, 0.25) is 0 Å². The molecule has 3 aromatic rings. The van der Waals surface area contributed by atoms with E-state index in [0.29, 0.717) is 37.1 Å². The summed E-state index contributed by atoms with van der Waals surface area (Å²) in [4.78, 5) is 32.7. The summed E-state index contributed by atoms with van der Waals surface area (Å²) in [5.41, 5.74) is 6.33. The number of ether oxygens (including phenoxy) is 1. The van der Waals surface area contributed by atoms with Gasteiger partial charge >= 0.3 is 0 Å². The van der Waals surface area contributed by atoms with Gasteiger partial charge in [-0.3, -0.25) is 14.0 Å². The van der Waals surface area contributed by atoms with E-state index in [1.165, 1.54) is 12.6 Å². The summed E-state index contributed by atoms with van der Waals surface area (Å²) in [6.07, 6.45) is 4.79. The number of furan rings is 1. The molecule has 0 spiro atoms. The summed E-state index contributed by atoms with van der Waals surface area (Å²) in [5.74, 6) is -0.134. The first-order valence-corrected chi connectivity index (χ1v) is 8.71. The molecular formula is C18H19N5O4. The Balaban J connectivity index is 1.68. The number of carbonyl (C=O) groups is 2. The third-order valence-corrected chi connectivity index (χ3v) is 4.63. The van der Waals surface area contributed by atoms with Gasteiger partial charge in [0.1, 0.15) is 12.0 Å². The van der Waals surface area contributed by atoms with E-state index in [9.17, 15) is 9.59 Å². The van der Waals surface area contributed by atoms with Crippen molar-refractivity contribution < 1.29 is 18.7 Å². The highest BCUT2D eigenvalue weighted by atomic mass is 16.5. The molecule has 0 aliphatic carbocycles. The van der Waals surface area contributed by atoms with Crippen molar-refractivity contribution >= 4 is 17.5 Å². The molecule has 0 aromatic carbocycles. The van der Waals surface area contributed by atoms with E-state index in [2.05, 4.69) is 15.3 Å². The normalized spacial score (nSPS) is 15.1. The average molecular weight is 369 g/mol. The predicted molar refractivity (Wildman–Crippen MR) is 95.1 cm³/mol. The second-order valence-corrected chi connectivity index (χ2v) is 6.42. The quantitative estimate of drug-likeness (QED) is 0.697. The maximum absolute atomic E-state index is 12.7. The Labute approximate surface area is 154 Å². The van der Waals surface area contributed by atoms with Crippen molar-refractivity contribution in [3.8, 4) is 11.5 Å². The molecule has 140 valence electrons. The first-order chi connectivity index (χ1) is 13.1. The van der Waals surface area contributed by atoms with Gasteiger partial charge in [-0.15, -0.1) is 0 Å². The number of hydrogen-bond donors (Lipinski definition) is 2. The first-order valence-electron chi connectivity index (χ1n) is 8.71. The molecule has 3 aromatic heterocycles. The van der Waals surface area contributed by atoms with Gasteiger partial charge in [-0.05, 0) is 37.0 Å². The fraction of sp³-hybridized carbons (Fsp3) is 0.333. The number of aromatic nitrogens is 3. The lowest BCUT2D eigenvalue weighted by Gasteiger charge is -2.22. The van der Waals surface area contributed by atoms with Crippen LogP contribution >= 0.6 is 0 Å². The molecule has 9 heteroatoms. The minimum absolute atomic E-state index is 0.00175. The molecule has 2 amide bonds. The second-order valence-electron chi connectivity index (χ2n) is 6.42. The molecule has 0 unspecified atom stereocenters. The number of hydrogen-bond acceptors (Lipinski definition) is 6. The summed E-state index contributed by atoms with van der Waals surface area (Å²) < 4.78 is 12.4. The molecule has 4 rings (SSSR count). The largest absolute Gasteiger partial charge is 0.463 e. The van der Waals surface area contributed by atoms with Gasteiger partial charge in [0.15, 0.2) is 17.1 Å². The van der Waals surface area contributed by atoms with Gasteiger partial charge in [-0.1, -0.05) is 0 Å². The van der Waals surface area contributed by atoms with Crippen LogP contribution in [-0.2, 0) is 4.74 Å². The smallest absolute Gasteiger partial charge is 0.271 e. The zero-order valence-electron chi connectivity index (χ0n) is 14.6. The van der Waals surface area contributed by atoms with Gasteiger partial charge in [-0.25, -0.2) is 9.97 Å². The highest BCUT2D eigenvalue weighted by Crippen LogP contribution is 2.23. The molecule has 1 aliphatic rings. The number of fused-ring (bicyclic) bond motifs is 1. The van der Waals surface area contributed by atoms with Crippen molar-refractivity contribution in [3.05, 3.63) is 42.2 Å². The van der Waals surface area contributed by atoms with Crippen molar-refractivity contribution in [2.45, 2.75) is 12.8 Å². The Morgan fingerprint density at radius 2 is 2.15 bits per heavy atom. The number of carbonyl (C=O) groups excluding carboxylic acids is 2. The van der Waals surface area contributed by atoms with Crippen LogP contribution in [-0.4, -0.2) is 45.9 Å². The van der Waals surface area contributed by atoms with Crippen LogP contribution in [0.5, 0.6) is 0 Å². The number of nitrogens with zero attached hydrogens (tertiary/aromatic N) is 3. The van der Waals surface area contributed by atoms with E-state index in [1.54, 1.807) is 22.6 Å². The number of amides is 2. The lowest BCUT2D eigenvalue weighted by Crippen LogP contribution is -2.32. The third-order valence-electron chi connectivity index (χ3n) is 4.63. The minimum Gasteiger partial charge on any atom is -0.463 e. The second kappa shape index (κ2) is 7.20. The van der Waals surface area contributed by atoms with Gasteiger partial charge in [-0.2, -0.15) is 0 Å². The number of nitrogens with two attached hydrogens (primary N) is 1. The zero-order valence-corrected chi connectivity index (χ0v) is 14.6. The van der Waals surface area contributed by atoms with Crippen molar-refractivity contribution in [1.82, 2.24) is 19.7 Å². The van der Waals surface area contributed by atoms with E-state index in [4.69, 9.17) is 14.9 Å². The molecule has 1 fully saturated rings.